The molecule has 45 heavy (non-hydrogen) atoms. The first-order valence-electron chi connectivity index (χ1n) is 14.7. The number of benzene rings is 3. The summed E-state index contributed by atoms with van der Waals surface area (Å²) in [7, 11) is 1.63. The maximum absolute atomic E-state index is 13.0. The molecule has 1 unspecified atom stereocenters. The molecule has 8 nitrogen and oxygen atoms in total. The van der Waals surface area contributed by atoms with Gasteiger partial charge in [0.1, 0.15) is 5.75 Å². The van der Waals surface area contributed by atoms with Gasteiger partial charge in [-0.2, -0.15) is 13.2 Å². The summed E-state index contributed by atoms with van der Waals surface area (Å²) in [5, 5.41) is 9.71. The first-order chi connectivity index (χ1) is 21.7. The zero-order chi connectivity index (χ0) is 32.0. The number of hydrogen-bond acceptors (Lipinski definition) is 6. The Morgan fingerprint density at radius 2 is 1.64 bits per heavy atom. The number of ether oxygens (including phenoxy) is 1. The summed E-state index contributed by atoms with van der Waals surface area (Å²) < 4.78 is 46.0. The Kier molecular flexibility index (Phi) is 10.1. The highest BCUT2D eigenvalue weighted by Crippen LogP contribution is 2.31. The van der Waals surface area contributed by atoms with Crippen LogP contribution < -0.4 is 4.74 Å². The monoisotopic (exact) mass is 637 g/mol. The SMILES string of the molecule is COc1ccc(-n2c(SCCCCC(=O)N3CCN(C(=O)c4ccc(C(F)(F)F)cc4)C(C)C3)nnc2-c2ccccc2)cc1. The van der Waals surface area contributed by atoms with E-state index in [-0.39, 0.29) is 23.4 Å². The van der Waals surface area contributed by atoms with E-state index in [2.05, 4.69) is 10.2 Å². The largest absolute Gasteiger partial charge is 0.497 e. The predicted octanol–water partition coefficient (Wildman–Crippen LogP) is 6.60. The number of amides is 2. The minimum Gasteiger partial charge on any atom is -0.497 e. The van der Waals surface area contributed by atoms with Crippen LogP contribution in [0.15, 0.2) is 84.0 Å². The van der Waals surface area contributed by atoms with Gasteiger partial charge in [0, 0.05) is 54.7 Å². The number of hydrogen-bond donors (Lipinski definition) is 0. The normalized spacial score (nSPS) is 15.3. The molecule has 0 spiro atoms. The van der Waals surface area contributed by atoms with Crippen LogP contribution in [0.5, 0.6) is 5.75 Å². The summed E-state index contributed by atoms with van der Waals surface area (Å²) in [5.74, 6) is 1.94. The van der Waals surface area contributed by atoms with Gasteiger partial charge in [-0.25, -0.2) is 0 Å². The molecule has 1 fully saturated rings. The van der Waals surface area contributed by atoms with Gasteiger partial charge in [0.15, 0.2) is 11.0 Å². The summed E-state index contributed by atoms with van der Waals surface area (Å²) in [6.07, 6.45) is -2.57. The molecule has 1 aromatic heterocycles. The Balaban J connectivity index is 1.12. The molecule has 236 valence electrons. The van der Waals surface area contributed by atoms with Gasteiger partial charge in [0.05, 0.1) is 12.7 Å². The number of methoxy groups -OCH3 is 1. The number of nitrogens with zero attached hydrogens (tertiary/aromatic N) is 5. The van der Waals surface area contributed by atoms with Gasteiger partial charge in [-0.1, -0.05) is 42.1 Å². The van der Waals surface area contributed by atoms with Crippen LogP contribution in [0.2, 0.25) is 0 Å². The zero-order valence-corrected chi connectivity index (χ0v) is 25.9. The highest BCUT2D eigenvalue weighted by atomic mass is 32.2. The highest BCUT2D eigenvalue weighted by molar-refractivity contribution is 7.99. The molecule has 1 saturated heterocycles. The van der Waals surface area contributed by atoms with Crippen molar-refractivity contribution in [1.29, 1.82) is 0 Å². The molecule has 3 aromatic carbocycles. The van der Waals surface area contributed by atoms with Crippen molar-refractivity contribution in [2.75, 3.05) is 32.5 Å². The quantitative estimate of drug-likeness (QED) is 0.144. The number of halogens is 3. The fraction of sp³-hybridized carbons (Fsp3) is 0.333. The fourth-order valence-corrected chi connectivity index (χ4v) is 6.21. The van der Waals surface area contributed by atoms with Crippen LogP contribution in [0.4, 0.5) is 13.2 Å². The van der Waals surface area contributed by atoms with E-state index < -0.39 is 11.7 Å². The lowest BCUT2D eigenvalue weighted by atomic mass is 10.1. The molecular weight excluding hydrogens is 603 g/mol. The summed E-state index contributed by atoms with van der Waals surface area (Å²) in [4.78, 5) is 29.3. The Hall–Kier alpha value is -4.32. The zero-order valence-electron chi connectivity index (χ0n) is 25.0. The Labute approximate surface area is 264 Å². The lowest BCUT2D eigenvalue weighted by Crippen LogP contribution is -2.55. The summed E-state index contributed by atoms with van der Waals surface area (Å²) in [5.41, 5.74) is 1.28. The van der Waals surface area contributed by atoms with Crippen LogP contribution in [-0.4, -0.2) is 74.9 Å². The number of rotatable bonds is 10. The molecule has 5 rings (SSSR count). The summed E-state index contributed by atoms with van der Waals surface area (Å²) in [6.45, 7) is 2.94. The van der Waals surface area contributed by atoms with Gasteiger partial charge in [-0.15, -0.1) is 10.2 Å². The molecule has 1 atom stereocenters. The van der Waals surface area contributed by atoms with E-state index in [1.807, 2.05) is 66.1 Å². The number of alkyl halides is 3. The third-order valence-electron chi connectivity index (χ3n) is 7.71. The molecule has 0 radical (unpaired) electrons. The molecule has 1 aliphatic rings. The van der Waals surface area contributed by atoms with Gasteiger partial charge in [0.25, 0.3) is 5.91 Å². The predicted molar refractivity (Wildman–Crippen MR) is 166 cm³/mol. The Morgan fingerprint density at radius 3 is 2.29 bits per heavy atom. The minimum absolute atomic E-state index is 0.0289. The average molecular weight is 638 g/mol. The summed E-state index contributed by atoms with van der Waals surface area (Å²) >= 11 is 1.59. The molecule has 0 bridgehead atoms. The maximum Gasteiger partial charge on any atom is 0.416 e. The topological polar surface area (TPSA) is 80.6 Å². The fourth-order valence-electron chi connectivity index (χ4n) is 5.25. The van der Waals surface area contributed by atoms with Crippen LogP contribution in [0.3, 0.4) is 0 Å². The van der Waals surface area contributed by atoms with Gasteiger partial charge in [0.2, 0.25) is 5.91 Å². The molecule has 1 aliphatic heterocycles. The molecular formula is C33H34F3N5O3S. The van der Waals surface area contributed by atoms with Gasteiger partial charge < -0.3 is 14.5 Å². The van der Waals surface area contributed by atoms with Crippen LogP contribution in [0, 0.1) is 0 Å². The lowest BCUT2D eigenvalue weighted by molar-refractivity contribution is -0.137. The van der Waals surface area contributed by atoms with Crippen LogP contribution in [-0.2, 0) is 11.0 Å². The number of carbonyl (C=O) groups is 2. The van der Waals surface area contributed by atoms with Crippen molar-refractivity contribution in [3.05, 3.63) is 90.0 Å². The third-order valence-corrected chi connectivity index (χ3v) is 8.73. The van der Waals surface area contributed by atoms with Gasteiger partial charge in [-0.05, 0) is 68.3 Å². The van der Waals surface area contributed by atoms with Crippen molar-refractivity contribution in [1.82, 2.24) is 24.6 Å². The van der Waals surface area contributed by atoms with Crippen LogP contribution in [0.25, 0.3) is 17.1 Å². The number of thioether (sulfide) groups is 1. The standard InChI is InChI=1S/C33H34F3N5O3S/c1-23-22-39(19-20-40(23)31(43)25-11-13-26(14-12-25)33(34,35)36)29(42)10-6-7-21-45-32-38-37-30(24-8-4-3-5-9-24)41(32)27-15-17-28(44-2)18-16-27/h3-5,8-9,11-18,23H,6-7,10,19-22H2,1-2H3. The van der Waals surface area contributed by atoms with E-state index in [0.717, 1.165) is 52.3 Å². The van der Waals surface area contributed by atoms with Crippen molar-refractivity contribution in [3.8, 4) is 22.8 Å². The number of carbonyl (C=O) groups excluding carboxylic acids is 2. The second-order valence-corrected chi connectivity index (χ2v) is 11.8. The van der Waals surface area contributed by atoms with E-state index >= 15 is 0 Å². The van der Waals surface area contributed by atoms with E-state index in [9.17, 15) is 22.8 Å². The van der Waals surface area contributed by atoms with Crippen LogP contribution in [0.1, 0.15) is 42.1 Å². The first-order valence-corrected chi connectivity index (χ1v) is 15.7. The van der Waals surface area contributed by atoms with Crippen molar-refractivity contribution in [2.45, 2.75) is 43.6 Å². The lowest BCUT2D eigenvalue weighted by Gasteiger charge is -2.40. The van der Waals surface area contributed by atoms with Crippen molar-refractivity contribution in [3.63, 3.8) is 0 Å². The second-order valence-electron chi connectivity index (χ2n) is 10.8. The van der Waals surface area contributed by atoms with E-state index in [1.54, 1.807) is 28.7 Å². The smallest absolute Gasteiger partial charge is 0.416 e. The first kappa shape index (κ1) is 32.1. The van der Waals surface area contributed by atoms with Gasteiger partial charge in [-0.3, -0.25) is 14.2 Å². The minimum atomic E-state index is -4.46. The summed E-state index contributed by atoms with van der Waals surface area (Å²) in [6, 6.07) is 21.6. The van der Waals surface area contributed by atoms with Crippen molar-refractivity contribution >= 4 is 23.6 Å². The number of piperazine rings is 1. The molecule has 0 aliphatic carbocycles. The van der Waals surface area contributed by atoms with E-state index in [0.29, 0.717) is 32.5 Å². The average Bonchev–Trinajstić information content (AvgIpc) is 3.48. The van der Waals surface area contributed by atoms with E-state index in [4.69, 9.17) is 4.74 Å². The highest BCUT2D eigenvalue weighted by Gasteiger charge is 2.32. The number of aromatic nitrogens is 3. The third kappa shape index (κ3) is 7.67. The van der Waals surface area contributed by atoms with Crippen LogP contribution >= 0.6 is 11.8 Å². The molecule has 4 aromatic rings. The molecule has 2 amide bonds. The molecule has 2 heterocycles. The second kappa shape index (κ2) is 14.2. The van der Waals surface area contributed by atoms with Crippen molar-refractivity contribution < 1.29 is 27.5 Å². The maximum atomic E-state index is 13.0. The Morgan fingerprint density at radius 1 is 0.933 bits per heavy atom. The van der Waals surface area contributed by atoms with Gasteiger partial charge >= 0.3 is 6.18 Å². The Bertz CT molecular complexity index is 1590. The van der Waals surface area contributed by atoms with E-state index in [1.165, 1.54) is 12.1 Å². The molecule has 0 saturated carbocycles. The molecule has 12 heteroatoms. The van der Waals surface area contributed by atoms with Crippen molar-refractivity contribution in [2.24, 2.45) is 0 Å². The molecule has 0 N–H and O–H groups in total. The number of unbranched alkanes of at least 4 members (excludes halogenated alkanes) is 1.